The average Bonchev–Trinajstić information content (AvgIpc) is 2.49. The minimum atomic E-state index is 0.991. The summed E-state index contributed by atoms with van der Waals surface area (Å²) in [5.41, 5.74) is 3.15. The number of aryl methyl sites for hydroxylation is 2. The molecule has 2 heterocycles. The Morgan fingerprint density at radius 2 is 2.07 bits per heavy atom. The number of hydrogen-bond acceptors (Lipinski definition) is 2. The second-order valence-electron chi connectivity index (χ2n) is 3.15. The Morgan fingerprint density at radius 3 is 2.57 bits per heavy atom. The van der Waals surface area contributed by atoms with Gasteiger partial charge in [-0.3, -0.25) is 9.67 Å². The van der Waals surface area contributed by atoms with E-state index >= 15 is 0 Å². The maximum absolute atomic E-state index is 4.26. The summed E-state index contributed by atoms with van der Waals surface area (Å²) in [5.74, 6) is 0. The van der Waals surface area contributed by atoms with E-state index in [0.717, 1.165) is 21.4 Å². The summed E-state index contributed by atoms with van der Waals surface area (Å²) in [7, 11) is 1.92. The molecular weight excluding hydrogens is 242 g/mol. The van der Waals surface area contributed by atoms with Gasteiger partial charge in [-0.25, -0.2) is 0 Å². The molecule has 0 aliphatic rings. The average molecular weight is 252 g/mol. The van der Waals surface area contributed by atoms with Crippen LogP contribution in [0.2, 0.25) is 0 Å². The third-order valence-corrected chi connectivity index (χ3v) is 2.66. The zero-order valence-corrected chi connectivity index (χ0v) is 9.62. The highest BCUT2D eigenvalue weighted by atomic mass is 79.9. The van der Waals surface area contributed by atoms with Crippen LogP contribution in [0, 0.1) is 6.92 Å². The highest BCUT2D eigenvalue weighted by Crippen LogP contribution is 2.26. The van der Waals surface area contributed by atoms with Crippen LogP contribution in [0.1, 0.15) is 5.69 Å². The van der Waals surface area contributed by atoms with Gasteiger partial charge >= 0.3 is 0 Å². The van der Waals surface area contributed by atoms with Crippen molar-refractivity contribution >= 4 is 15.9 Å². The second-order valence-corrected chi connectivity index (χ2v) is 4.01. The molecule has 0 spiro atoms. The van der Waals surface area contributed by atoms with Crippen molar-refractivity contribution in [2.45, 2.75) is 6.92 Å². The standard InChI is InChI=1S/C10H10BrN3/c1-7-3-4-8(5-12-7)10-9(11)6-13-14(10)2/h3-6H,1-2H3. The molecule has 2 rings (SSSR count). The fourth-order valence-corrected chi connectivity index (χ4v) is 1.92. The number of aromatic nitrogens is 3. The zero-order chi connectivity index (χ0) is 10.1. The number of hydrogen-bond donors (Lipinski definition) is 0. The molecule has 0 fully saturated rings. The Labute approximate surface area is 90.9 Å². The molecule has 3 nitrogen and oxygen atoms in total. The fraction of sp³-hybridized carbons (Fsp3) is 0.200. The van der Waals surface area contributed by atoms with Gasteiger partial charge in [-0.1, -0.05) is 0 Å². The molecule has 2 aromatic heterocycles. The minimum absolute atomic E-state index is 0.991. The first-order valence-corrected chi connectivity index (χ1v) is 5.08. The lowest BCUT2D eigenvalue weighted by molar-refractivity contribution is 0.775. The first kappa shape index (κ1) is 9.40. The lowest BCUT2D eigenvalue weighted by Crippen LogP contribution is -1.94. The van der Waals surface area contributed by atoms with E-state index in [1.165, 1.54) is 0 Å². The largest absolute Gasteiger partial charge is 0.267 e. The van der Waals surface area contributed by atoms with Crippen molar-refractivity contribution in [3.8, 4) is 11.3 Å². The van der Waals surface area contributed by atoms with Crippen molar-refractivity contribution in [2.75, 3.05) is 0 Å². The minimum Gasteiger partial charge on any atom is -0.267 e. The van der Waals surface area contributed by atoms with Gasteiger partial charge < -0.3 is 0 Å². The highest BCUT2D eigenvalue weighted by Gasteiger charge is 2.08. The van der Waals surface area contributed by atoms with Crippen molar-refractivity contribution in [3.63, 3.8) is 0 Å². The Bertz CT molecular complexity index is 425. The van der Waals surface area contributed by atoms with Gasteiger partial charge in [0, 0.05) is 24.5 Å². The normalized spacial score (nSPS) is 10.5. The summed E-state index contributed by atoms with van der Waals surface area (Å²) < 4.78 is 2.82. The highest BCUT2D eigenvalue weighted by molar-refractivity contribution is 9.10. The summed E-state index contributed by atoms with van der Waals surface area (Å²) >= 11 is 3.46. The van der Waals surface area contributed by atoms with Crippen molar-refractivity contribution in [1.82, 2.24) is 14.8 Å². The molecule has 72 valence electrons. The van der Waals surface area contributed by atoms with Crippen LogP contribution >= 0.6 is 15.9 Å². The third kappa shape index (κ3) is 1.57. The number of rotatable bonds is 1. The molecule has 0 aromatic carbocycles. The summed E-state index contributed by atoms with van der Waals surface area (Å²) in [6.07, 6.45) is 3.65. The summed E-state index contributed by atoms with van der Waals surface area (Å²) in [6.45, 7) is 1.97. The third-order valence-electron chi connectivity index (χ3n) is 2.08. The molecule has 0 N–H and O–H groups in total. The Morgan fingerprint density at radius 1 is 1.29 bits per heavy atom. The van der Waals surface area contributed by atoms with E-state index in [1.807, 2.05) is 37.0 Å². The van der Waals surface area contributed by atoms with E-state index in [4.69, 9.17) is 0 Å². The van der Waals surface area contributed by atoms with Crippen LogP contribution in [-0.4, -0.2) is 14.8 Å². The lowest BCUT2D eigenvalue weighted by Gasteiger charge is -2.02. The molecule has 0 atom stereocenters. The van der Waals surface area contributed by atoms with Gasteiger partial charge in [0.05, 0.1) is 16.4 Å². The topological polar surface area (TPSA) is 30.7 Å². The number of pyridine rings is 1. The van der Waals surface area contributed by atoms with Gasteiger partial charge in [-0.15, -0.1) is 0 Å². The molecule has 0 saturated carbocycles. The molecule has 0 radical (unpaired) electrons. The monoisotopic (exact) mass is 251 g/mol. The fourth-order valence-electron chi connectivity index (χ4n) is 1.34. The lowest BCUT2D eigenvalue weighted by atomic mass is 10.2. The Hall–Kier alpha value is -1.16. The molecule has 2 aromatic rings. The SMILES string of the molecule is Cc1ccc(-c2c(Br)cnn2C)cn1. The van der Waals surface area contributed by atoms with E-state index in [-0.39, 0.29) is 0 Å². The maximum atomic E-state index is 4.26. The van der Waals surface area contributed by atoms with E-state index in [2.05, 4.69) is 26.0 Å². The smallest absolute Gasteiger partial charge is 0.0836 e. The predicted molar refractivity (Wildman–Crippen MR) is 58.9 cm³/mol. The van der Waals surface area contributed by atoms with E-state index in [1.54, 1.807) is 6.20 Å². The summed E-state index contributed by atoms with van der Waals surface area (Å²) in [4.78, 5) is 4.26. The van der Waals surface area contributed by atoms with Gasteiger partial charge in [0.15, 0.2) is 0 Å². The Kier molecular flexibility index (Phi) is 2.37. The molecular formula is C10H10BrN3. The molecule has 0 unspecified atom stereocenters. The van der Waals surface area contributed by atoms with Gasteiger partial charge in [-0.05, 0) is 35.0 Å². The van der Waals surface area contributed by atoms with Gasteiger partial charge in [0.2, 0.25) is 0 Å². The first-order chi connectivity index (χ1) is 6.68. The van der Waals surface area contributed by atoms with E-state index in [0.29, 0.717) is 0 Å². The summed E-state index contributed by atoms with van der Waals surface area (Å²) in [6, 6.07) is 4.04. The van der Waals surface area contributed by atoms with Crippen molar-refractivity contribution in [2.24, 2.45) is 7.05 Å². The molecule has 0 bridgehead atoms. The van der Waals surface area contributed by atoms with Crippen LogP contribution in [0.15, 0.2) is 29.0 Å². The van der Waals surface area contributed by atoms with E-state index in [9.17, 15) is 0 Å². The number of halogens is 1. The molecule has 0 aliphatic carbocycles. The second kappa shape index (κ2) is 3.53. The van der Waals surface area contributed by atoms with Gasteiger partial charge in [0.25, 0.3) is 0 Å². The van der Waals surface area contributed by atoms with Crippen LogP contribution in [0.4, 0.5) is 0 Å². The van der Waals surface area contributed by atoms with Gasteiger partial charge in [-0.2, -0.15) is 5.10 Å². The Balaban J connectivity index is 2.54. The first-order valence-electron chi connectivity index (χ1n) is 4.29. The van der Waals surface area contributed by atoms with Crippen LogP contribution < -0.4 is 0 Å². The molecule has 0 amide bonds. The predicted octanol–water partition coefficient (Wildman–Crippen LogP) is 2.55. The van der Waals surface area contributed by atoms with Crippen LogP contribution in [0.5, 0.6) is 0 Å². The van der Waals surface area contributed by atoms with Crippen LogP contribution in [-0.2, 0) is 7.05 Å². The zero-order valence-electron chi connectivity index (χ0n) is 8.03. The quantitative estimate of drug-likeness (QED) is 0.780. The molecule has 0 saturated heterocycles. The maximum Gasteiger partial charge on any atom is 0.0836 e. The van der Waals surface area contributed by atoms with Crippen molar-refractivity contribution in [1.29, 1.82) is 0 Å². The van der Waals surface area contributed by atoms with Gasteiger partial charge in [0.1, 0.15) is 0 Å². The molecule has 14 heavy (non-hydrogen) atoms. The van der Waals surface area contributed by atoms with Crippen molar-refractivity contribution in [3.05, 3.63) is 34.7 Å². The van der Waals surface area contributed by atoms with E-state index < -0.39 is 0 Å². The van der Waals surface area contributed by atoms with Crippen LogP contribution in [0.25, 0.3) is 11.3 Å². The van der Waals surface area contributed by atoms with Crippen LogP contribution in [0.3, 0.4) is 0 Å². The number of nitrogens with zero attached hydrogens (tertiary/aromatic N) is 3. The van der Waals surface area contributed by atoms with Crippen molar-refractivity contribution < 1.29 is 0 Å². The summed E-state index contributed by atoms with van der Waals surface area (Å²) in [5, 5.41) is 4.16. The molecule has 0 aliphatic heterocycles. The molecule has 4 heteroatoms.